The second-order valence-corrected chi connectivity index (χ2v) is 15.0. The number of rotatable bonds is 3. The number of fused-ring (bicyclic) bond motifs is 3. The molecule has 4 aliphatic rings. The van der Waals surface area contributed by atoms with E-state index in [0.29, 0.717) is 49.1 Å². The standard InChI is InChI=1S/C34H42ClN3O6S/c1-42-31-8-3-2-6-16-45(41,37-34(40)27-21-43-22-27)36-33(39)24-11-14-32-30(18-24)38(20-26-10-13-29(26)31)19-25-9-12-28(35)17-23(25)7-4-5-15-44-32/h3,8-9,11-12,14,17-18,26-27,29,31H,2,4-7,10,13,15-16,19-22H2,1H3,(H,36,37,39,40,41)/b8-3+/t26-,29+,31-,45?/m0/s1. The second kappa shape index (κ2) is 14.2. The van der Waals surface area contributed by atoms with Gasteiger partial charge in [0.25, 0.3) is 5.91 Å². The highest BCUT2D eigenvalue weighted by Gasteiger charge is 2.38. The summed E-state index contributed by atoms with van der Waals surface area (Å²) in [6.07, 6.45) is 10.1. The summed E-state index contributed by atoms with van der Waals surface area (Å²) in [5.41, 5.74) is 3.50. The number of hydrogen-bond acceptors (Lipinski definition) is 7. The first-order chi connectivity index (χ1) is 21.8. The number of nitrogens with one attached hydrogen (secondary N) is 1. The lowest BCUT2D eigenvalue weighted by atomic mass is 9.70. The van der Waals surface area contributed by atoms with E-state index < -0.39 is 21.7 Å². The lowest BCUT2D eigenvalue weighted by Crippen LogP contribution is -2.45. The van der Waals surface area contributed by atoms with E-state index in [1.54, 1.807) is 13.2 Å². The predicted octanol–water partition coefficient (Wildman–Crippen LogP) is 5.74. The number of methoxy groups -OCH3 is 1. The van der Waals surface area contributed by atoms with Crippen molar-refractivity contribution in [2.45, 2.75) is 57.6 Å². The molecule has 3 aliphatic heterocycles. The fraction of sp³-hybridized carbons (Fsp3) is 0.529. The Labute approximate surface area is 270 Å². The van der Waals surface area contributed by atoms with E-state index >= 15 is 0 Å². The third-order valence-electron chi connectivity index (χ3n) is 9.42. The summed E-state index contributed by atoms with van der Waals surface area (Å²) in [7, 11) is -1.62. The van der Waals surface area contributed by atoms with Crippen molar-refractivity contribution in [3.05, 3.63) is 70.3 Å². The number of carbonyl (C=O) groups excluding carboxylic acids is 2. The van der Waals surface area contributed by atoms with Crippen molar-refractivity contribution in [3.63, 3.8) is 0 Å². The fourth-order valence-corrected chi connectivity index (χ4v) is 8.39. The number of aryl methyl sites for hydroxylation is 1. The smallest absolute Gasteiger partial charge is 0.286 e. The second-order valence-electron chi connectivity index (χ2n) is 12.5. The van der Waals surface area contributed by atoms with Gasteiger partial charge in [0.2, 0.25) is 5.91 Å². The van der Waals surface area contributed by atoms with Crippen LogP contribution in [-0.2, 0) is 37.1 Å². The maximum atomic E-state index is 14.0. The molecule has 0 aromatic heterocycles. The molecular weight excluding hydrogens is 614 g/mol. The molecule has 4 atom stereocenters. The molecule has 1 aliphatic carbocycles. The molecule has 2 bridgehead atoms. The number of allylic oxidation sites excluding steroid dienone is 1. The Morgan fingerprint density at radius 1 is 1.11 bits per heavy atom. The number of ether oxygens (including phenoxy) is 3. The van der Waals surface area contributed by atoms with Crippen LogP contribution in [0.3, 0.4) is 0 Å². The Kier molecular flexibility index (Phi) is 10.1. The molecule has 1 unspecified atom stereocenters. The SMILES string of the molecule is CO[C@H]1/C=C/CCCS(=O)(NC(=O)C2COC2)=NC(=O)c2ccc3c(c2)N(Cc2ccc(Cl)cc2CCCCO3)C[C@@H]2CC[C@H]21. The van der Waals surface area contributed by atoms with Crippen LogP contribution in [0, 0.1) is 17.8 Å². The molecule has 2 fully saturated rings. The fourth-order valence-electron chi connectivity index (χ4n) is 6.55. The van der Waals surface area contributed by atoms with Crippen LogP contribution in [0.5, 0.6) is 5.75 Å². The van der Waals surface area contributed by atoms with Crippen molar-refractivity contribution in [2.75, 3.05) is 44.1 Å². The van der Waals surface area contributed by atoms with Gasteiger partial charge in [-0.05, 0) is 98.2 Å². The average Bonchev–Trinajstić information content (AvgIpc) is 2.99. The number of halogens is 1. The summed E-state index contributed by atoms with van der Waals surface area (Å²) in [5, 5.41) is 0.719. The first-order valence-corrected chi connectivity index (χ1v) is 18.0. The van der Waals surface area contributed by atoms with E-state index in [4.69, 9.17) is 25.8 Å². The molecule has 1 N–H and O–H groups in total. The van der Waals surface area contributed by atoms with Crippen LogP contribution in [-0.4, -0.2) is 61.4 Å². The Bertz CT molecular complexity index is 1570. The Hall–Kier alpha value is -2.92. The third-order valence-corrected chi connectivity index (χ3v) is 11.5. The molecule has 6 rings (SSSR count). The van der Waals surface area contributed by atoms with Crippen molar-refractivity contribution in [1.29, 1.82) is 0 Å². The number of anilines is 1. The molecule has 2 amide bonds. The third kappa shape index (κ3) is 7.56. The summed E-state index contributed by atoms with van der Waals surface area (Å²) in [4.78, 5) is 28.8. The van der Waals surface area contributed by atoms with Gasteiger partial charge in [0, 0.05) is 30.8 Å². The van der Waals surface area contributed by atoms with Gasteiger partial charge in [0.1, 0.15) is 15.7 Å². The normalized spacial score (nSPS) is 28.4. The minimum absolute atomic E-state index is 0.0392. The van der Waals surface area contributed by atoms with Crippen LogP contribution in [0.25, 0.3) is 0 Å². The maximum Gasteiger partial charge on any atom is 0.286 e. The van der Waals surface area contributed by atoms with Crippen molar-refractivity contribution >= 4 is 39.0 Å². The number of benzene rings is 2. The van der Waals surface area contributed by atoms with Gasteiger partial charge in [-0.15, -0.1) is 4.36 Å². The Morgan fingerprint density at radius 2 is 1.98 bits per heavy atom. The summed E-state index contributed by atoms with van der Waals surface area (Å²) in [6.45, 7) is 2.46. The highest BCUT2D eigenvalue weighted by Crippen LogP contribution is 2.42. The zero-order chi connectivity index (χ0) is 31.4. The van der Waals surface area contributed by atoms with E-state index in [1.165, 1.54) is 11.1 Å². The van der Waals surface area contributed by atoms with E-state index in [0.717, 1.165) is 49.4 Å². The van der Waals surface area contributed by atoms with Crippen molar-refractivity contribution in [1.82, 2.24) is 4.72 Å². The Morgan fingerprint density at radius 3 is 2.73 bits per heavy atom. The number of hydrogen-bond donors (Lipinski definition) is 1. The van der Waals surface area contributed by atoms with Crippen LogP contribution < -0.4 is 14.4 Å². The Balaban J connectivity index is 1.43. The van der Waals surface area contributed by atoms with Crippen LogP contribution in [0.1, 0.15) is 60.0 Å². The zero-order valence-corrected chi connectivity index (χ0v) is 27.3. The van der Waals surface area contributed by atoms with Gasteiger partial charge in [0.15, 0.2) is 0 Å². The molecule has 1 saturated carbocycles. The van der Waals surface area contributed by atoms with Gasteiger partial charge >= 0.3 is 0 Å². The monoisotopic (exact) mass is 655 g/mol. The van der Waals surface area contributed by atoms with Crippen LogP contribution >= 0.6 is 11.6 Å². The van der Waals surface area contributed by atoms with Gasteiger partial charge < -0.3 is 19.1 Å². The highest BCUT2D eigenvalue weighted by atomic mass is 35.5. The van der Waals surface area contributed by atoms with Crippen LogP contribution in [0.2, 0.25) is 5.02 Å². The van der Waals surface area contributed by atoms with Gasteiger partial charge in [0.05, 0.1) is 43.3 Å². The first kappa shape index (κ1) is 32.0. The quantitative estimate of drug-likeness (QED) is 0.421. The summed E-state index contributed by atoms with van der Waals surface area (Å²) in [5.74, 6) is 0.0770. The lowest BCUT2D eigenvalue weighted by molar-refractivity contribution is -0.136. The number of amides is 2. The van der Waals surface area contributed by atoms with Gasteiger partial charge in [-0.25, -0.2) is 4.21 Å². The molecule has 0 radical (unpaired) electrons. The molecule has 0 spiro atoms. The lowest BCUT2D eigenvalue weighted by Gasteiger charge is -2.43. The minimum atomic E-state index is -3.37. The van der Waals surface area contributed by atoms with E-state index in [-0.39, 0.29) is 31.0 Å². The maximum absolute atomic E-state index is 14.0. The summed E-state index contributed by atoms with van der Waals surface area (Å²) in [6, 6.07) is 11.4. The van der Waals surface area contributed by atoms with Crippen LogP contribution in [0.15, 0.2) is 52.9 Å². The molecular formula is C34H42ClN3O6S. The molecule has 2 aromatic carbocycles. The highest BCUT2D eigenvalue weighted by molar-refractivity contribution is 7.92. The van der Waals surface area contributed by atoms with E-state index in [2.05, 4.69) is 38.3 Å². The average molecular weight is 656 g/mol. The molecule has 45 heavy (non-hydrogen) atoms. The van der Waals surface area contributed by atoms with Gasteiger partial charge in [-0.2, -0.15) is 0 Å². The van der Waals surface area contributed by atoms with E-state index in [9.17, 15) is 13.8 Å². The minimum Gasteiger partial charge on any atom is -0.491 e. The molecule has 2 aromatic rings. The topological polar surface area (TPSA) is 107 Å². The summed E-state index contributed by atoms with van der Waals surface area (Å²) < 4.78 is 38.3. The largest absolute Gasteiger partial charge is 0.491 e. The molecule has 9 nitrogen and oxygen atoms in total. The summed E-state index contributed by atoms with van der Waals surface area (Å²) >= 11 is 6.43. The van der Waals surface area contributed by atoms with Crippen molar-refractivity contribution < 1.29 is 28.0 Å². The van der Waals surface area contributed by atoms with Crippen molar-refractivity contribution in [2.24, 2.45) is 22.1 Å². The zero-order valence-electron chi connectivity index (χ0n) is 25.8. The molecule has 242 valence electrons. The number of carbonyl (C=O) groups is 2. The predicted molar refractivity (Wildman–Crippen MR) is 175 cm³/mol. The van der Waals surface area contributed by atoms with E-state index in [1.807, 2.05) is 18.2 Å². The first-order valence-electron chi connectivity index (χ1n) is 16.0. The van der Waals surface area contributed by atoms with Crippen LogP contribution in [0.4, 0.5) is 5.69 Å². The molecule has 11 heteroatoms. The van der Waals surface area contributed by atoms with Crippen molar-refractivity contribution in [3.8, 4) is 5.75 Å². The van der Waals surface area contributed by atoms with Gasteiger partial charge in [-0.3, -0.25) is 14.3 Å². The molecule has 3 heterocycles. The van der Waals surface area contributed by atoms with Gasteiger partial charge in [-0.1, -0.05) is 29.8 Å². The number of nitrogens with zero attached hydrogens (tertiary/aromatic N) is 2. The molecule has 1 saturated heterocycles.